The maximum absolute atomic E-state index is 12.4. The van der Waals surface area contributed by atoms with E-state index < -0.39 is 135 Å². The van der Waals surface area contributed by atoms with Gasteiger partial charge in [-0.3, -0.25) is 4.98 Å². The first-order chi connectivity index (χ1) is 29.0. The molecule has 340 valence electrons. The van der Waals surface area contributed by atoms with Crippen molar-refractivity contribution in [2.75, 3.05) is 0 Å². The Morgan fingerprint density at radius 3 is 1.62 bits per heavy atom. The molecule has 2 aromatic rings. The predicted octanol–water partition coefficient (Wildman–Crippen LogP) is -6.73. The summed E-state index contributed by atoms with van der Waals surface area (Å²) in [5.74, 6) is -14.9. The van der Waals surface area contributed by atoms with Crippen LogP contribution < -0.4 is 50.8 Å². The predicted molar refractivity (Wildman–Crippen MR) is 191 cm³/mol. The van der Waals surface area contributed by atoms with Crippen LogP contribution in [0.25, 0.3) is 22.2 Å². The Balaban J connectivity index is 0.00000871. The third kappa shape index (κ3) is 11.1. The van der Waals surface area contributed by atoms with E-state index in [1.165, 1.54) is 38.1 Å². The van der Waals surface area contributed by atoms with E-state index in [2.05, 4.69) is 9.97 Å². The smallest absolute Gasteiger partial charge is 0.0661 e. The summed E-state index contributed by atoms with van der Waals surface area (Å²) in [5, 5.41) is 96.4. The molecule has 21 heteroatoms. The molecule has 2 aromatic heterocycles. The molecule has 0 fully saturated rings. The molecule has 0 saturated carbocycles. The summed E-state index contributed by atoms with van der Waals surface area (Å²) in [6.07, 6.45) is -7.46. The molecule has 0 aliphatic carbocycles. The van der Waals surface area contributed by atoms with Gasteiger partial charge in [-0.05, 0) is 86.7 Å². The number of nitrogens with zero attached hydrogens (tertiary/aromatic N) is 4. The molecule has 4 atom stereocenters. The number of carboxylic acid groups (broad SMARTS) is 8. The van der Waals surface area contributed by atoms with E-state index in [0.717, 1.165) is 0 Å². The zero-order valence-electron chi connectivity index (χ0n) is 33.6. The molecule has 0 N–H and O–H groups in total. The maximum atomic E-state index is 12.4. The second kappa shape index (κ2) is 19.6. The fraction of sp³-hybridized carbons (Fsp3) is 0.429. The molecule has 0 aromatic carbocycles. The average Bonchev–Trinajstić information content (AvgIpc) is 3.77. The Bertz CT molecular complexity index is 2490. The fourth-order valence-corrected chi connectivity index (χ4v) is 8.70. The summed E-state index contributed by atoms with van der Waals surface area (Å²) in [5.41, 5.74) is -4.43. The van der Waals surface area contributed by atoms with Gasteiger partial charge in [-0.15, -0.1) is 11.0 Å². The third-order valence-corrected chi connectivity index (χ3v) is 11.6. The number of carbonyl (C=O) groups excluding carboxylic acids is 8. The zero-order chi connectivity index (χ0) is 45.8. The average molecular weight is 911 g/mol. The van der Waals surface area contributed by atoms with Crippen molar-refractivity contribution in [3.05, 3.63) is 69.6 Å². The summed E-state index contributed by atoms with van der Waals surface area (Å²) in [4.78, 5) is 115. The molecule has 0 amide bonds. The van der Waals surface area contributed by atoms with Gasteiger partial charge in [0.2, 0.25) is 0 Å². The summed E-state index contributed by atoms with van der Waals surface area (Å²) >= 11 is 0. The van der Waals surface area contributed by atoms with Gasteiger partial charge in [-0.25, -0.2) is 4.98 Å². The van der Waals surface area contributed by atoms with Crippen molar-refractivity contribution in [3.8, 4) is 0 Å². The van der Waals surface area contributed by atoms with E-state index >= 15 is 0 Å². The summed E-state index contributed by atoms with van der Waals surface area (Å²) in [7, 11) is 0. The van der Waals surface area contributed by atoms with Crippen molar-refractivity contribution in [1.82, 2.24) is 19.9 Å². The van der Waals surface area contributed by atoms with Gasteiger partial charge >= 0.3 is 0 Å². The molecular weight excluding hydrogens is 875 g/mol. The number of fused-ring (bicyclic) bond motifs is 8. The van der Waals surface area contributed by atoms with Crippen LogP contribution in [-0.4, -0.2) is 57.7 Å². The van der Waals surface area contributed by atoms with Crippen LogP contribution in [0.4, 0.5) is 0 Å². The Morgan fingerprint density at radius 1 is 0.540 bits per heavy atom. The van der Waals surface area contributed by atoms with Crippen LogP contribution in [0.5, 0.6) is 0 Å². The molecule has 0 spiro atoms. The number of hydrogen-bond acceptors (Lipinski definition) is 18. The van der Waals surface area contributed by atoms with Crippen molar-refractivity contribution in [2.24, 2.45) is 0 Å². The summed E-state index contributed by atoms with van der Waals surface area (Å²) in [6.45, 7) is 2.84. The van der Waals surface area contributed by atoms with Gasteiger partial charge in [0.05, 0.1) is 11.4 Å². The van der Waals surface area contributed by atoms with Crippen molar-refractivity contribution < 1.29 is 95.7 Å². The van der Waals surface area contributed by atoms with E-state index in [-0.39, 0.29) is 96.8 Å². The maximum Gasteiger partial charge on any atom is 0.0661 e. The van der Waals surface area contributed by atoms with Crippen molar-refractivity contribution in [1.29, 1.82) is 0 Å². The Kier molecular flexibility index (Phi) is 15.3. The van der Waals surface area contributed by atoms with Gasteiger partial charge in [0.15, 0.2) is 0 Å². The number of aromatic nitrogens is 4. The van der Waals surface area contributed by atoms with Gasteiger partial charge in [0, 0.05) is 99.8 Å². The van der Waals surface area contributed by atoms with Crippen LogP contribution in [0.15, 0.2) is 24.3 Å². The largest absolute Gasteiger partial charge is 0.664 e. The standard InChI is InChI=1S/C42H46N4O16.Ni/c1-41(17-39(59)60)23(5-9-35(51)52)29-14-27-21(11-37(55)56)19(3-7-33(47)48)25(43-27)13-26-20(4-8-34(49)50)22(12-38(57)58)28(44-26)15-31-42(2,18-40(61)62)24(6-10-36(53)54)30(46-31)16-32(41)45-29;/h13-16,23-24H,3-12,17-18H2,1-2H3,(H10,43,44,45,46,47,48,49,50,51,52,53,54,55,56,57,58,59,60,61,62);/p-10/t23-,24-,41+,42+;/m1./s1. The van der Waals surface area contributed by atoms with Crippen LogP contribution in [0.2, 0.25) is 0 Å². The van der Waals surface area contributed by atoms with Crippen molar-refractivity contribution >= 4 is 69.9 Å². The van der Waals surface area contributed by atoms with Gasteiger partial charge in [-0.1, -0.05) is 49.2 Å². The van der Waals surface area contributed by atoms with E-state index in [0.29, 0.717) is 0 Å². The fourth-order valence-electron chi connectivity index (χ4n) is 8.70. The van der Waals surface area contributed by atoms with Crippen LogP contribution >= 0.6 is 0 Å². The molecule has 0 unspecified atom stereocenters. The number of hydrogen-bond donors (Lipinski definition) is 0. The third-order valence-electron chi connectivity index (χ3n) is 11.6. The van der Waals surface area contributed by atoms with Gasteiger partial charge < -0.3 is 89.2 Å². The molecule has 20 nitrogen and oxygen atoms in total. The second-order valence-corrected chi connectivity index (χ2v) is 15.8. The Hall–Kier alpha value is -6.63. The van der Waals surface area contributed by atoms with Crippen LogP contribution in [-0.2, 0) is 78.5 Å². The Labute approximate surface area is 367 Å². The van der Waals surface area contributed by atoms with E-state index in [4.69, 9.17) is 9.97 Å². The van der Waals surface area contributed by atoms with Crippen LogP contribution in [0.1, 0.15) is 135 Å². The monoisotopic (exact) mass is 910 g/mol. The SMILES string of the molecule is C[C@@]1(CC(=O)[O-])c2cc3[n-]c(cc4nc(cc5[n-]c(cc(n2)[C@H]1CCC(=O)[O-])[C@@](C)(CC(=O)[O-])[C@@H]5CCC(=O)[O-])C(CC(=O)[O-])=C4CCC(=O)[O-])c(CCC(=O)[O-])c3CC(=O)[O-].[Ni]. The quantitative estimate of drug-likeness (QED) is 0.111. The van der Waals surface area contributed by atoms with E-state index in [9.17, 15) is 79.2 Å². The van der Waals surface area contributed by atoms with Gasteiger partial charge in [-0.2, -0.15) is 11.4 Å². The number of rotatable bonds is 20. The van der Waals surface area contributed by atoms with Crippen LogP contribution in [0.3, 0.4) is 0 Å². The first kappa shape index (κ1) is 49.0. The minimum absolute atomic E-state index is 0. The molecule has 5 rings (SSSR count). The van der Waals surface area contributed by atoms with Crippen molar-refractivity contribution in [2.45, 2.75) is 114 Å². The zero-order valence-corrected chi connectivity index (χ0v) is 34.6. The summed E-state index contributed by atoms with van der Waals surface area (Å²) < 4.78 is 0. The number of aliphatic carboxylic acids is 8. The van der Waals surface area contributed by atoms with Gasteiger partial charge in [0.25, 0.3) is 0 Å². The minimum Gasteiger partial charge on any atom is -0.664 e. The molecule has 5 heterocycles. The van der Waals surface area contributed by atoms with E-state index in [1.807, 2.05) is 0 Å². The second-order valence-electron chi connectivity index (χ2n) is 15.8. The molecule has 8 bridgehead atoms. The van der Waals surface area contributed by atoms with Crippen LogP contribution in [0, 0.1) is 0 Å². The first-order valence-electron chi connectivity index (χ1n) is 19.3. The molecule has 3 aliphatic heterocycles. The first-order valence-corrected chi connectivity index (χ1v) is 19.3. The molecule has 0 radical (unpaired) electrons. The number of carbonyl (C=O) groups is 8. The summed E-state index contributed by atoms with van der Waals surface area (Å²) in [6, 6.07) is 4.97. The molecule has 3 aliphatic rings. The molecule has 0 saturated heterocycles. The van der Waals surface area contributed by atoms with Gasteiger partial charge in [0.1, 0.15) is 0 Å². The molecular formula is C42H36N4NiO16-10. The molecule has 63 heavy (non-hydrogen) atoms. The normalized spacial score (nSPS) is 19.7. The van der Waals surface area contributed by atoms with Crippen molar-refractivity contribution in [3.63, 3.8) is 0 Å². The topological polar surface area (TPSA) is 375 Å². The number of aryl methyl sites for hydroxylation is 1. The Morgan fingerprint density at radius 2 is 1.06 bits per heavy atom. The van der Waals surface area contributed by atoms with E-state index in [1.54, 1.807) is 0 Å². The number of carboxylic acids is 8. The number of allylic oxidation sites excluding steroid dienone is 1. The minimum atomic E-state index is -1.67.